The van der Waals surface area contributed by atoms with Gasteiger partial charge in [0.05, 0.1) is 12.7 Å². The van der Waals surface area contributed by atoms with Crippen molar-refractivity contribution in [2.45, 2.75) is 45.6 Å². The van der Waals surface area contributed by atoms with Gasteiger partial charge < -0.3 is 4.74 Å². The minimum Gasteiger partial charge on any atom is -0.380 e. The van der Waals surface area contributed by atoms with Gasteiger partial charge in [0.1, 0.15) is 0 Å². The molecule has 0 aliphatic heterocycles. The van der Waals surface area contributed by atoms with E-state index in [2.05, 4.69) is 19.3 Å². The molecule has 3 heteroatoms. The number of nitrogens with one attached hydrogen (secondary N) is 1. The van der Waals surface area contributed by atoms with Crippen LogP contribution >= 0.6 is 0 Å². The fourth-order valence-corrected chi connectivity index (χ4v) is 1.62. The van der Waals surface area contributed by atoms with Crippen LogP contribution in [0, 0.1) is 5.92 Å². The zero-order valence-electron chi connectivity index (χ0n) is 9.42. The van der Waals surface area contributed by atoms with E-state index in [1.54, 1.807) is 0 Å². The van der Waals surface area contributed by atoms with Gasteiger partial charge in [-0.05, 0) is 18.8 Å². The van der Waals surface area contributed by atoms with Gasteiger partial charge in [0.2, 0.25) is 0 Å². The van der Waals surface area contributed by atoms with Crippen molar-refractivity contribution in [2.24, 2.45) is 5.92 Å². The third kappa shape index (κ3) is 5.58. The molecule has 0 atom stereocenters. The highest BCUT2D eigenvalue weighted by molar-refractivity contribution is 4.65. The molecule has 1 aliphatic rings. The molecular formula is C11H23NO2. The van der Waals surface area contributed by atoms with Crippen LogP contribution in [-0.2, 0) is 9.57 Å². The summed E-state index contributed by atoms with van der Waals surface area (Å²) in [6.45, 7) is 6.68. The van der Waals surface area contributed by atoms with Crippen molar-refractivity contribution in [3.8, 4) is 0 Å². The van der Waals surface area contributed by atoms with Crippen molar-refractivity contribution in [2.75, 3.05) is 19.8 Å². The van der Waals surface area contributed by atoms with E-state index in [1.165, 1.54) is 25.7 Å². The quantitative estimate of drug-likeness (QED) is 0.505. The maximum atomic E-state index is 5.48. The molecular weight excluding hydrogens is 178 g/mol. The number of hydroxylamine groups is 1. The second-order valence-corrected chi connectivity index (χ2v) is 4.39. The first-order valence-electron chi connectivity index (χ1n) is 5.75. The van der Waals surface area contributed by atoms with Gasteiger partial charge in [-0.3, -0.25) is 4.84 Å². The van der Waals surface area contributed by atoms with Crippen molar-refractivity contribution in [3.63, 3.8) is 0 Å². The number of hydrogen-bond acceptors (Lipinski definition) is 3. The Morgan fingerprint density at radius 2 is 2.00 bits per heavy atom. The molecule has 0 bridgehead atoms. The molecule has 1 fully saturated rings. The van der Waals surface area contributed by atoms with E-state index in [0.29, 0.717) is 12.0 Å². The molecule has 1 rings (SSSR count). The van der Waals surface area contributed by atoms with Gasteiger partial charge in [0.25, 0.3) is 0 Å². The molecule has 0 unspecified atom stereocenters. The Kier molecular flexibility index (Phi) is 6.15. The first-order valence-corrected chi connectivity index (χ1v) is 5.75. The summed E-state index contributed by atoms with van der Waals surface area (Å²) in [6.07, 6.45) is 5.49. The van der Waals surface area contributed by atoms with Crippen LogP contribution in [0.5, 0.6) is 0 Å². The maximum Gasteiger partial charge on any atom is 0.0790 e. The standard InChI is InChI=1S/C11H23NO2/c1-10(2)9-13-8-7-12-14-11-5-3-4-6-11/h10-12H,3-9H2,1-2H3. The third-order valence-corrected chi connectivity index (χ3v) is 2.35. The van der Waals surface area contributed by atoms with Crippen LogP contribution in [0.4, 0.5) is 0 Å². The van der Waals surface area contributed by atoms with Gasteiger partial charge in [-0.2, -0.15) is 5.48 Å². The van der Waals surface area contributed by atoms with Gasteiger partial charge in [0.15, 0.2) is 0 Å². The molecule has 1 saturated carbocycles. The van der Waals surface area contributed by atoms with E-state index in [-0.39, 0.29) is 0 Å². The maximum absolute atomic E-state index is 5.48. The lowest BCUT2D eigenvalue weighted by Gasteiger charge is -2.12. The molecule has 0 amide bonds. The summed E-state index contributed by atoms with van der Waals surface area (Å²) in [5.74, 6) is 0.616. The minimum absolute atomic E-state index is 0.445. The second-order valence-electron chi connectivity index (χ2n) is 4.39. The molecule has 3 nitrogen and oxygen atoms in total. The number of hydrogen-bond donors (Lipinski definition) is 1. The topological polar surface area (TPSA) is 30.5 Å². The van der Waals surface area contributed by atoms with Gasteiger partial charge in [-0.1, -0.05) is 26.7 Å². The van der Waals surface area contributed by atoms with Gasteiger partial charge in [-0.25, -0.2) is 0 Å². The summed E-state index contributed by atoms with van der Waals surface area (Å²) in [5, 5.41) is 0. The number of ether oxygens (including phenoxy) is 1. The Morgan fingerprint density at radius 3 is 2.64 bits per heavy atom. The molecule has 0 saturated heterocycles. The molecule has 1 aliphatic carbocycles. The molecule has 84 valence electrons. The molecule has 0 heterocycles. The Hall–Kier alpha value is -0.120. The first-order chi connectivity index (χ1) is 6.79. The summed E-state index contributed by atoms with van der Waals surface area (Å²) in [7, 11) is 0. The third-order valence-electron chi connectivity index (χ3n) is 2.35. The van der Waals surface area contributed by atoms with Gasteiger partial charge in [0, 0.05) is 13.2 Å². The van der Waals surface area contributed by atoms with E-state index < -0.39 is 0 Å². The minimum atomic E-state index is 0.445. The van der Waals surface area contributed by atoms with Crippen LogP contribution in [-0.4, -0.2) is 25.9 Å². The Bertz CT molecular complexity index is 133. The van der Waals surface area contributed by atoms with Crippen LogP contribution in [0.2, 0.25) is 0 Å². The first kappa shape index (κ1) is 12.0. The summed E-state index contributed by atoms with van der Waals surface area (Å²) in [4.78, 5) is 5.48. The molecule has 1 N–H and O–H groups in total. The van der Waals surface area contributed by atoms with E-state index in [0.717, 1.165) is 19.8 Å². The molecule has 0 radical (unpaired) electrons. The molecule has 0 aromatic rings. The van der Waals surface area contributed by atoms with E-state index in [9.17, 15) is 0 Å². The molecule has 14 heavy (non-hydrogen) atoms. The lowest BCUT2D eigenvalue weighted by molar-refractivity contribution is -0.0326. The average molecular weight is 201 g/mol. The van der Waals surface area contributed by atoms with Crippen LogP contribution in [0.25, 0.3) is 0 Å². The smallest absolute Gasteiger partial charge is 0.0790 e. The molecule has 0 spiro atoms. The second kappa shape index (κ2) is 7.21. The Labute approximate surface area is 87.1 Å². The highest BCUT2D eigenvalue weighted by Crippen LogP contribution is 2.19. The Morgan fingerprint density at radius 1 is 1.29 bits per heavy atom. The largest absolute Gasteiger partial charge is 0.380 e. The van der Waals surface area contributed by atoms with Crippen LogP contribution in [0.1, 0.15) is 39.5 Å². The van der Waals surface area contributed by atoms with Crippen molar-refractivity contribution in [1.82, 2.24) is 5.48 Å². The summed E-state index contributed by atoms with van der Waals surface area (Å²) in [5.41, 5.74) is 2.98. The predicted molar refractivity (Wildman–Crippen MR) is 57.0 cm³/mol. The summed E-state index contributed by atoms with van der Waals surface area (Å²) in [6, 6.07) is 0. The SMILES string of the molecule is CC(C)COCCNOC1CCCC1. The van der Waals surface area contributed by atoms with E-state index in [1.807, 2.05) is 0 Å². The highest BCUT2D eigenvalue weighted by Gasteiger charge is 2.14. The fraction of sp³-hybridized carbons (Fsp3) is 1.00. The van der Waals surface area contributed by atoms with Crippen molar-refractivity contribution in [3.05, 3.63) is 0 Å². The van der Waals surface area contributed by atoms with E-state index in [4.69, 9.17) is 9.57 Å². The van der Waals surface area contributed by atoms with Crippen molar-refractivity contribution < 1.29 is 9.57 Å². The normalized spacial score (nSPS) is 18.2. The summed E-state index contributed by atoms with van der Waals surface area (Å²) < 4.78 is 5.42. The monoisotopic (exact) mass is 201 g/mol. The van der Waals surface area contributed by atoms with Crippen molar-refractivity contribution in [1.29, 1.82) is 0 Å². The predicted octanol–water partition coefficient (Wildman–Crippen LogP) is 2.12. The van der Waals surface area contributed by atoms with Gasteiger partial charge in [-0.15, -0.1) is 0 Å². The zero-order valence-corrected chi connectivity index (χ0v) is 9.42. The molecule has 0 aromatic carbocycles. The average Bonchev–Trinajstić information content (AvgIpc) is 2.63. The van der Waals surface area contributed by atoms with Crippen molar-refractivity contribution >= 4 is 0 Å². The van der Waals surface area contributed by atoms with Crippen LogP contribution in [0.15, 0.2) is 0 Å². The van der Waals surface area contributed by atoms with Crippen LogP contribution < -0.4 is 5.48 Å². The zero-order chi connectivity index (χ0) is 10.2. The lowest BCUT2D eigenvalue weighted by atomic mass is 10.2. The highest BCUT2D eigenvalue weighted by atomic mass is 16.7. The van der Waals surface area contributed by atoms with Crippen LogP contribution in [0.3, 0.4) is 0 Å². The van der Waals surface area contributed by atoms with E-state index >= 15 is 0 Å². The van der Waals surface area contributed by atoms with Gasteiger partial charge >= 0.3 is 0 Å². The Balaban J connectivity index is 1.79. The number of rotatable bonds is 7. The summed E-state index contributed by atoms with van der Waals surface area (Å²) >= 11 is 0. The lowest BCUT2D eigenvalue weighted by Crippen LogP contribution is -2.25. The fourth-order valence-electron chi connectivity index (χ4n) is 1.62. The molecule has 0 aromatic heterocycles.